The van der Waals surface area contributed by atoms with Gasteiger partial charge in [0.15, 0.2) is 0 Å². The summed E-state index contributed by atoms with van der Waals surface area (Å²) >= 11 is 0. The lowest BCUT2D eigenvalue weighted by atomic mass is 10.0. The first-order chi connectivity index (χ1) is 16.5. The average molecular weight is 462 g/mol. The van der Waals surface area contributed by atoms with E-state index < -0.39 is 23.8 Å². The zero-order valence-corrected chi connectivity index (χ0v) is 18.8. The highest BCUT2D eigenvalue weighted by Gasteiger charge is 2.44. The van der Waals surface area contributed by atoms with Crippen LogP contribution in [0.5, 0.6) is 0 Å². The Morgan fingerprint density at radius 3 is 2.47 bits per heavy atom. The molecule has 1 unspecified atom stereocenters. The molecule has 2 aromatic carbocycles. The monoisotopic (exact) mass is 461 g/mol. The third-order valence-corrected chi connectivity index (χ3v) is 6.60. The maximum absolute atomic E-state index is 13.0. The first-order valence-corrected chi connectivity index (χ1v) is 11.6. The number of imide groups is 2. The van der Waals surface area contributed by atoms with Gasteiger partial charge in [0, 0.05) is 51.4 Å². The van der Waals surface area contributed by atoms with Crippen molar-refractivity contribution in [2.75, 3.05) is 31.1 Å². The van der Waals surface area contributed by atoms with E-state index in [-0.39, 0.29) is 18.7 Å². The molecule has 0 saturated carbocycles. The van der Waals surface area contributed by atoms with Crippen molar-refractivity contribution >= 4 is 29.3 Å². The predicted molar refractivity (Wildman–Crippen MR) is 125 cm³/mol. The number of hydrogen-bond donors (Lipinski definition) is 3. The first kappa shape index (κ1) is 22.2. The van der Waals surface area contributed by atoms with Crippen LogP contribution in [0.1, 0.15) is 44.7 Å². The number of nitrogens with one attached hydrogen (secondary N) is 3. The summed E-state index contributed by atoms with van der Waals surface area (Å²) in [5.41, 5.74) is 3.91. The van der Waals surface area contributed by atoms with Crippen molar-refractivity contribution in [1.29, 1.82) is 0 Å². The summed E-state index contributed by atoms with van der Waals surface area (Å²) in [4.78, 5) is 52.9. The smallest absolute Gasteiger partial charge is 0.262 e. The highest BCUT2D eigenvalue weighted by molar-refractivity contribution is 6.23. The van der Waals surface area contributed by atoms with Crippen LogP contribution >= 0.6 is 0 Å². The molecule has 0 aliphatic carbocycles. The lowest BCUT2D eigenvalue weighted by Gasteiger charge is -2.31. The van der Waals surface area contributed by atoms with Gasteiger partial charge in [-0.2, -0.15) is 0 Å². The minimum absolute atomic E-state index is 0.106. The second-order valence-corrected chi connectivity index (χ2v) is 8.80. The van der Waals surface area contributed by atoms with E-state index in [0.717, 1.165) is 36.6 Å². The molecule has 0 radical (unpaired) electrons. The van der Waals surface area contributed by atoms with Crippen LogP contribution in [0.15, 0.2) is 42.5 Å². The quantitative estimate of drug-likeness (QED) is 0.546. The van der Waals surface area contributed by atoms with Gasteiger partial charge in [0.05, 0.1) is 11.1 Å². The fourth-order valence-corrected chi connectivity index (χ4v) is 4.84. The van der Waals surface area contributed by atoms with Gasteiger partial charge in [0.25, 0.3) is 11.8 Å². The number of benzene rings is 2. The van der Waals surface area contributed by atoms with Crippen molar-refractivity contribution < 1.29 is 19.2 Å². The molecule has 4 amide bonds. The Bertz CT molecular complexity index is 1160. The molecule has 3 aliphatic heterocycles. The van der Waals surface area contributed by atoms with Gasteiger partial charge in [0.1, 0.15) is 6.04 Å². The Kier molecular flexibility index (Phi) is 6.12. The summed E-state index contributed by atoms with van der Waals surface area (Å²) in [5.74, 6) is -1.96. The second kappa shape index (κ2) is 9.36. The molecular formula is C25H27N5O4. The SMILES string of the molecule is O=C1CCC(N2C(=O)c3ccc(CNCc4ccccc4N4CCNCC4)cc3C2=O)C(=O)N1. The molecular weight excluding hydrogens is 434 g/mol. The number of anilines is 1. The van der Waals surface area contributed by atoms with E-state index >= 15 is 0 Å². The van der Waals surface area contributed by atoms with Gasteiger partial charge < -0.3 is 15.5 Å². The molecule has 2 aromatic rings. The Labute approximate surface area is 197 Å². The molecule has 9 heteroatoms. The van der Waals surface area contributed by atoms with Crippen LogP contribution in [-0.4, -0.2) is 60.7 Å². The van der Waals surface area contributed by atoms with Gasteiger partial charge in [0.2, 0.25) is 11.8 Å². The highest BCUT2D eigenvalue weighted by atomic mass is 16.2. The second-order valence-electron chi connectivity index (χ2n) is 8.80. The average Bonchev–Trinajstić information content (AvgIpc) is 3.09. The van der Waals surface area contributed by atoms with E-state index in [1.54, 1.807) is 12.1 Å². The molecule has 0 spiro atoms. The fourth-order valence-electron chi connectivity index (χ4n) is 4.84. The lowest BCUT2D eigenvalue weighted by Crippen LogP contribution is -2.54. The molecule has 2 fully saturated rings. The number of fused-ring (bicyclic) bond motifs is 1. The summed E-state index contributed by atoms with van der Waals surface area (Å²) in [6.45, 7) is 5.10. The maximum Gasteiger partial charge on any atom is 0.262 e. The summed E-state index contributed by atoms with van der Waals surface area (Å²) in [7, 11) is 0. The Morgan fingerprint density at radius 1 is 0.912 bits per heavy atom. The number of nitrogens with zero attached hydrogens (tertiary/aromatic N) is 2. The molecule has 0 bridgehead atoms. The first-order valence-electron chi connectivity index (χ1n) is 11.6. The number of amides is 4. The van der Waals surface area contributed by atoms with E-state index in [9.17, 15) is 19.2 Å². The molecule has 34 heavy (non-hydrogen) atoms. The molecule has 0 aromatic heterocycles. The largest absolute Gasteiger partial charge is 0.369 e. The highest BCUT2D eigenvalue weighted by Crippen LogP contribution is 2.28. The Morgan fingerprint density at radius 2 is 1.68 bits per heavy atom. The van der Waals surface area contributed by atoms with Gasteiger partial charge >= 0.3 is 0 Å². The van der Waals surface area contributed by atoms with Crippen molar-refractivity contribution in [3.63, 3.8) is 0 Å². The molecule has 9 nitrogen and oxygen atoms in total. The van der Waals surface area contributed by atoms with Crippen molar-refractivity contribution in [3.8, 4) is 0 Å². The van der Waals surface area contributed by atoms with Crippen LogP contribution in [0.25, 0.3) is 0 Å². The van der Waals surface area contributed by atoms with E-state index in [1.807, 2.05) is 12.1 Å². The molecule has 3 aliphatic rings. The van der Waals surface area contributed by atoms with Crippen LogP contribution in [0.3, 0.4) is 0 Å². The minimum Gasteiger partial charge on any atom is -0.369 e. The number of hydrogen-bond acceptors (Lipinski definition) is 7. The Balaban J connectivity index is 1.26. The van der Waals surface area contributed by atoms with Gasteiger partial charge in [-0.05, 0) is 35.7 Å². The van der Waals surface area contributed by atoms with Gasteiger partial charge in [-0.15, -0.1) is 0 Å². The standard InChI is InChI=1S/C25H27N5O4/c31-22-8-7-21(23(32)28-22)30-24(33)18-6-5-16(13-19(18)25(30)34)14-27-15-17-3-1-2-4-20(17)29-11-9-26-10-12-29/h1-6,13,21,26-27H,7-12,14-15H2,(H,28,31,32). The number of rotatable bonds is 6. The molecule has 1 atom stereocenters. The van der Waals surface area contributed by atoms with Crippen molar-refractivity contribution in [2.24, 2.45) is 0 Å². The third-order valence-electron chi connectivity index (χ3n) is 6.60. The molecule has 2 saturated heterocycles. The summed E-state index contributed by atoms with van der Waals surface area (Å²) in [5, 5.41) is 9.04. The van der Waals surface area contributed by atoms with Crippen LogP contribution in [0.2, 0.25) is 0 Å². The number of piperazine rings is 1. The maximum atomic E-state index is 13.0. The van der Waals surface area contributed by atoms with Gasteiger partial charge in [-0.3, -0.25) is 29.4 Å². The zero-order valence-electron chi connectivity index (χ0n) is 18.8. The van der Waals surface area contributed by atoms with Crippen molar-refractivity contribution in [3.05, 3.63) is 64.7 Å². The lowest BCUT2D eigenvalue weighted by molar-refractivity contribution is -0.136. The van der Waals surface area contributed by atoms with E-state index in [2.05, 4.69) is 39.0 Å². The van der Waals surface area contributed by atoms with Crippen LogP contribution in [0.4, 0.5) is 5.69 Å². The zero-order chi connectivity index (χ0) is 23.7. The topological polar surface area (TPSA) is 111 Å². The molecule has 176 valence electrons. The number of carbonyl (C=O) groups excluding carboxylic acids is 4. The number of para-hydroxylation sites is 1. The van der Waals surface area contributed by atoms with E-state index in [0.29, 0.717) is 24.2 Å². The third kappa shape index (κ3) is 4.20. The van der Waals surface area contributed by atoms with Gasteiger partial charge in [-0.1, -0.05) is 24.3 Å². The number of piperidine rings is 1. The number of carbonyl (C=O) groups is 4. The summed E-state index contributed by atoms with van der Waals surface area (Å²) in [6, 6.07) is 12.6. The van der Waals surface area contributed by atoms with E-state index in [4.69, 9.17) is 0 Å². The minimum atomic E-state index is -0.951. The van der Waals surface area contributed by atoms with Crippen LogP contribution < -0.4 is 20.9 Å². The molecule has 3 heterocycles. The van der Waals surface area contributed by atoms with Crippen molar-refractivity contribution in [1.82, 2.24) is 20.9 Å². The van der Waals surface area contributed by atoms with Crippen LogP contribution in [0, 0.1) is 0 Å². The Hall–Kier alpha value is -3.56. The van der Waals surface area contributed by atoms with Crippen LogP contribution in [-0.2, 0) is 22.7 Å². The van der Waals surface area contributed by atoms with E-state index in [1.165, 1.54) is 11.3 Å². The summed E-state index contributed by atoms with van der Waals surface area (Å²) < 4.78 is 0. The molecule has 5 rings (SSSR count). The normalized spacial score (nSPS) is 20.5. The predicted octanol–water partition coefficient (Wildman–Crippen LogP) is 0.787. The van der Waals surface area contributed by atoms with Crippen molar-refractivity contribution in [2.45, 2.75) is 32.0 Å². The molecule has 3 N–H and O–H groups in total. The summed E-state index contributed by atoms with van der Waals surface area (Å²) in [6.07, 6.45) is 0.255. The van der Waals surface area contributed by atoms with Gasteiger partial charge in [-0.25, -0.2) is 0 Å². The fraction of sp³-hybridized carbons (Fsp3) is 0.360.